The third kappa shape index (κ3) is 4.97. The molecule has 21 heavy (non-hydrogen) atoms. The number of ether oxygens (including phenoxy) is 1. The maximum Gasteiger partial charge on any atom is 0.258 e. The van der Waals surface area contributed by atoms with Gasteiger partial charge >= 0.3 is 0 Å². The SMILES string of the molecule is O=C(COc1cc(Cl)cc(Cl)c1)NC[C@@H](O)c1ccco1. The Morgan fingerprint density at radius 1 is 1.33 bits per heavy atom. The average molecular weight is 330 g/mol. The number of halogens is 2. The van der Waals surface area contributed by atoms with Crippen molar-refractivity contribution in [1.82, 2.24) is 5.32 Å². The van der Waals surface area contributed by atoms with Crippen LogP contribution in [0.25, 0.3) is 0 Å². The lowest BCUT2D eigenvalue weighted by atomic mass is 10.3. The summed E-state index contributed by atoms with van der Waals surface area (Å²) in [7, 11) is 0. The largest absolute Gasteiger partial charge is 0.484 e. The van der Waals surface area contributed by atoms with Crippen molar-refractivity contribution in [3.63, 3.8) is 0 Å². The van der Waals surface area contributed by atoms with Gasteiger partial charge in [-0.25, -0.2) is 0 Å². The van der Waals surface area contributed by atoms with Crippen LogP contribution >= 0.6 is 23.2 Å². The number of nitrogens with one attached hydrogen (secondary N) is 1. The second-order valence-electron chi connectivity index (χ2n) is 4.23. The Morgan fingerprint density at radius 2 is 2.05 bits per heavy atom. The summed E-state index contributed by atoms with van der Waals surface area (Å²) in [5.41, 5.74) is 0. The minimum atomic E-state index is -0.899. The molecule has 0 aliphatic rings. The molecule has 0 bridgehead atoms. The number of carbonyl (C=O) groups is 1. The number of carbonyl (C=O) groups excluding carboxylic acids is 1. The highest BCUT2D eigenvalue weighted by atomic mass is 35.5. The Bertz CT molecular complexity index is 581. The van der Waals surface area contributed by atoms with Crippen LogP contribution in [0.5, 0.6) is 5.75 Å². The molecule has 0 unspecified atom stereocenters. The summed E-state index contributed by atoms with van der Waals surface area (Å²) in [6.45, 7) is -0.173. The molecule has 0 aliphatic carbocycles. The predicted molar refractivity (Wildman–Crippen MR) is 78.6 cm³/mol. The van der Waals surface area contributed by atoms with Gasteiger partial charge in [0, 0.05) is 10.0 Å². The average Bonchev–Trinajstić information content (AvgIpc) is 2.95. The topological polar surface area (TPSA) is 71.7 Å². The Morgan fingerprint density at radius 3 is 2.67 bits per heavy atom. The monoisotopic (exact) mass is 329 g/mol. The van der Waals surface area contributed by atoms with E-state index >= 15 is 0 Å². The van der Waals surface area contributed by atoms with Gasteiger partial charge in [0.15, 0.2) is 6.61 Å². The van der Waals surface area contributed by atoms with E-state index in [1.54, 1.807) is 30.3 Å². The third-order valence-corrected chi connectivity index (χ3v) is 3.01. The lowest BCUT2D eigenvalue weighted by Gasteiger charge is -2.10. The van der Waals surface area contributed by atoms with Gasteiger partial charge in [0.05, 0.1) is 12.8 Å². The van der Waals surface area contributed by atoms with E-state index in [4.69, 9.17) is 32.4 Å². The molecule has 1 atom stereocenters. The summed E-state index contributed by atoms with van der Waals surface area (Å²) in [4.78, 5) is 11.6. The van der Waals surface area contributed by atoms with E-state index in [-0.39, 0.29) is 19.1 Å². The Hall–Kier alpha value is -1.69. The number of benzene rings is 1. The molecule has 0 spiro atoms. The van der Waals surface area contributed by atoms with E-state index in [1.807, 2.05) is 0 Å². The van der Waals surface area contributed by atoms with Crippen molar-refractivity contribution in [2.24, 2.45) is 0 Å². The van der Waals surface area contributed by atoms with E-state index in [9.17, 15) is 9.90 Å². The molecule has 1 aromatic carbocycles. The first-order chi connectivity index (χ1) is 10.0. The molecule has 0 saturated carbocycles. The van der Waals surface area contributed by atoms with Gasteiger partial charge in [0.1, 0.15) is 17.6 Å². The zero-order valence-electron chi connectivity index (χ0n) is 10.9. The Balaban J connectivity index is 1.77. The van der Waals surface area contributed by atoms with E-state index in [2.05, 4.69) is 5.32 Å². The number of hydrogen-bond acceptors (Lipinski definition) is 4. The van der Waals surface area contributed by atoms with Crippen LogP contribution in [0.1, 0.15) is 11.9 Å². The molecular formula is C14H13Cl2NO4. The molecule has 112 valence electrons. The van der Waals surface area contributed by atoms with E-state index in [0.717, 1.165) is 0 Å². The zero-order valence-corrected chi connectivity index (χ0v) is 12.4. The highest BCUT2D eigenvalue weighted by Crippen LogP contribution is 2.24. The molecule has 5 nitrogen and oxygen atoms in total. The standard InChI is InChI=1S/C14H13Cl2NO4/c15-9-4-10(16)6-11(5-9)21-8-14(19)17-7-12(18)13-2-1-3-20-13/h1-6,12,18H,7-8H2,(H,17,19)/t12-/m1/s1. The van der Waals surface area contributed by atoms with Gasteiger partial charge in [-0.15, -0.1) is 0 Å². The quantitative estimate of drug-likeness (QED) is 0.854. The maximum atomic E-state index is 11.6. The molecule has 2 rings (SSSR count). The van der Waals surface area contributed by atoms with Crippen molar-refractivity contribution in [1.29, 1.82) is 0 Å². The van der Waals surface area contributed by atoms with E-state index < -0.39 is 6.10 Å². The fourth-order valence-electron chi connectivity index (χ4n) is 1.60. The minimum absolute atomic E-state index is 0.0337. The fraction of sp³-hybridized carbons (Fsp3) is 0.214. The predicted octanol–water partition coefficient (Wildman–Crippen LogP) is 2.82. The molecule has 0 saturated heterocycles. The molecular weight excluding hydrogens is 317 g/mol. The van der Waals surface area contributed by atoms with Gasteiger partial charge in [-0.1, -0.05) is 23.2 Å². The number of aliphatic hydroxyl groups excluding tert-OH is 1. The number of amides is 1. The van der Waals surface area contributed by atoms with Gasteiger partial charge < -0.3 is 19.6 Å². The van der Waals surface area contributed by atoms with Crippen LogP contribution in [-0.4, -0.2) is 24.2 Å². The van der Waals surface area contributed by atoms with E-state index in [1.165, 1.54) is 6.26 Å². The number of furan rings is 1. The lowest BCUT2D eigenvalue weighted by molar-refractivity contribution is -0.123. The van der Waals surface area contributed by atoms with Crippen molar-refractivity contribution >= 4 is 29.1 Å². The van der Waals surface area contributed by atoms with Crippen LogP contribution in [0, 0.1) is 0 Å². The van der Waals surface area contributed by atoms with Crippen molar-refractivity contribution in [2.75, 3.05) is 13.2 Å². The van der Waals surface area contributed by atoms with Gasteiger partial charge in [-0.3, -0.25) is 4.79 Å². The summed E-state index contributed by atoms with van der Waals surface area (Å²) < 4.78 is 10.3. The van der Waals surface area contributed by atoms with Gasteiger partial charge in [-0.2, -0.15) is 0 Å². The summed E-state index contributed by atoms with van der Waals surface area (Å²) in [5.74, 6) is 0.406. The van der Waals surface area contributed by atoms with Crippen molar-refractivity contribution in [2.45, 2.75) is 6.10 Å². The van der Waals surface area contributed by atoms with Crippen LogP contribution in [0.2, 0.25) is 10.0 Å². The van der Waals surface area contributed by atoms with E-state index in [0.29, 0.717) is 21.6 Å². The fourth-order valence-corrected chi connectivity index (χ4v) is 2.11. The van der Waals surface area contributed by atoms with Gasteiger partial charge in [0.2, 0.25) is 0 Å². The first-order valence-corrected chi connectivity index (χ1v) is 6.87. The second-order valence-corrected chi connectivity index (χ2v) is 5.10. The number of rotatable bonds is 6. The van der Waals surface area contributed by atoms with Crippen LogP contribution in [0.3, 0.4) is 0 Å². The molecule has 1 aromatic heterocycles. The highest BCUT2D eigenvalue weighted by Gasteiger charge is 2.12. The number of aliphatic hydroxyl groups is 1. The smallest absolute Gasteiger partial charge is 0.258 e. The molecule has 1 heterocycles. The van der Waals surface area contributed by atoms with Crippen molar-refractivity contribution in [3.8, 4) is 5.75 Å². The summed E-state index contributed by atoms with van der Waals surface area (Å²) in [6.07, 6.45) is 0.552. The molecule has 2 aromatic rings. The second kappa shape index (κ2) is 7.36. The normalized spacial score (nSPS) is 12.0. The molecule has 0 aliphatic heterocycles. The molecule has 0 radical (unpaired) electrons. The molecule has 7 heteroatoms. The number of hydrogen-bond donors (Lipinski definition) is 2. The van der Waals surface area contributed by atoms with Crippen LogP contribution < -0.4 is 10.1 Å². The summed E-state index contributed by atoms with van der Waals surface area (Å²) in [6, 6.07) is 7.96. The van der Waals surface area contributed by atoms with Crippen LogP contribution in [-0.2, 0) is 4.79 Å². The maximum absolute atomic E-state index is 11.6. The van der Waals surface area contributed by atoms with Gasteiger partial charge in [0.25, 0.3) is 5.91 Å². The summed E-state index contributed by atoms with van der Waals surface area (Å²) in [5, 5.41) is 13.1. The lowest BCUT2D eigenvalue weighted by Crippen LogP contribution is -2.32. The van der Waals surface area contributed by atoms with Crippen molar-refractivity contribution < 1.29 is 19.1 Å². The van der Waals surface area contributed by atoms with Gasteiger partial charge in [-0.05, 0) is 30.3 Å². The van der Waals surface area contributed by atoms with Crippen LogP contribution in [0.15, 0.2) is 41.0 Å². The Kier molecular flexibility index (Phi) is 5.50. The Labute approximate surface area is 131 Å². The van der Waals surface area contributed by atoms with Crippen molar-refractivity contribution in [3.05, 3.63) is 52.4 Å². The molecule has 0 fully saturated rings. The zero-order chi connectivity index (χ0) is 15.2. The first-order valence-electron chi connectivity index (χ1n) is 6.11. The van der Waals surface area contributed by atoms with Crippen LogP contribution in [0.4, 0.5) is 0 Å². The minimum Gasteiger partial charge on any atom is -0.484 e. The molecule has 1 amide bonds. The first kappa shape index (κ1) is 15.7. The third-order valence-electron chi connectivity index (χ3n) is 2.57. The summed E-state index contributed by atoms with van der Waals surface area (Å²) >= 11 is 11.6. The highest BCUT2D eigenvalue weighted by molar-refractivity contribution is 6.34. The molecule has 2 N–H and O–H groups in total.